The van der Waals surface area contributed by atoms with Crippen molar-refractivity contribution in [1.82, 2.24) is 5.32 Å². The number of carbonyl (C=O) groups excluding carboxylic acids is 2. The first-order chi connectivity index (χ1) is 15.6. The smallest absolute Gasteiger partial charge is 0.243 e. The number of amides is 1. The molecule has 33 heavy (non-hydrogen) atoms. The van der Waals surface area contributed by atoms with E-state index in [-0.39, 0.29) is 28.7 Å². The van der Waals surface area contributed by atoms with E-state index < -0.39 is 0 Å². The normalized spacial score (nSPS) is 39.3. The number of aryl methyl sites for hydroxylation is 2. The highest BCUT2D eigenvalue weighted by molar-refractivity contribution is 5.99. The molecule has 4 heteroatoms. The number of ketones is 1. The molecule has 3 saturated carbocycles. The van der Waals surface area contributed by atoms with E-state index in [9.17, 15) is 9.59 Å². The van der Waals surface area contributed by atoms with Gasteiger partial charge in [-0.1, -0.05) is 19.9 Å². The number of hydrogen-bond donors (Lipinski definition) is 1. The molecule has 0 saturated heterocycles. The van der Waals surface area contributed by atoms with E-state index in [0.29, 0.717) is 23.5 Å². The van der Waals surface area contributed by atoms with E-state index in [4.69, 9.17) is 0 Å². The van der Waals surface area contributed by atoms with Crippen LogP contribution in [0.3, 0.4) is 0 Å². The van der Waals surface area contributed by atoms with E-state index in [0.717, 1.165) is 31.2 Å². The molecule has 1 amide bonds. The zero-order chi connectivity index (χ0) is 23.7. The Morgan fingerprint density at radius 2 is 1.70 bits per heavy atom. The Hall–Kier alpha value is -2.10. The topological polar surface area (TPSA) is 49.4 Å². The molecule has 4 nitrogen and oxygen atoms in total. The second-order valence-electron chi connectivity index (χ2n) is 12.1. The van der Waals surface area contributed by atoms with Gasteiger partial charge in [-0.2, -0.15) is 0 Å². The molecule has 1 aliphatic heterocycles. The van der Waals surface area contributed by atoms with Crippen molar-refractivity contribution in [2.75, 3.05) is 19.0 Å². The monoisotopic (exact) mass is 448 g/mol. The minimum absolute atomic E-state index is 0.0521. The fourth-order valence-corrected chi connectivity index (χ4v) is 8.77. The summed E-state index contributed by atoms with van der Waals surface area (Å²) in [6.07, 6.45) is 10.7. The van der Waals surface area contributed by atoms with Crippen LogP contribution in [-0.4, -0.2) is 31.8 Å². The van der Waals surface area contributed by atoms with Crippen molar-refractivity contribution in [2.45, 2.75) is 72.3 Å². The highest BCUT2D eigenvalue weighted by Gasteiger charge is 2.60. The van der Waals surface area contributed by atoms with Gasteiger partial charge < -0.3 is 10.2 Å². The average Bonchev–Trinajstić information content (AvgIpc) is 3.10. The summed E-state index contributed by atoms with van der Waals surface area (Å²) in [6, 6.07) is 4.50. The number of anilines is 1. The van der Waals surface area contributed by atoms with Crippen LogP contribution in [0.15, 0.2) is 24.3 Å². The zero-order valence-corrected chi connectivity index (χ0v) is 21.2. The highest BCUT2D eigenvalue weighted by atomic mass is 16.1. The van der Waals surface area contributed by atoms with Crippen LogP contribution in [0.25, 0.3) is 0 Å². The molecule has 0 bridgehead atoms. The number of Topliss-reactive ketones (excluding diaryl/α,β-unsaturated/α-hetero) is 1. The molecule has 0 aromatic heterocycles. The first-order valence-corrected chi connectivity index (χ1v) is 12.9. The molecule has 1 aromatic carbocycles. The molecular weight excluding hydrogens is 408 g/mol. The summed E-state index contributed by atoms with van der Waals surface area (Å²) in [5, 5.41) is 3.25. The summed E-state index contributed by atoms with van der Waals surface area (Å²) in [6.45, 7) is 9.03. The van der Waals surface area contributed by atoms with Gasteiger partial charge in [-0.25, -0.2) is 0 Å². The van der Waals surface area contributed by atoms with Crippen LogP contribution in [0.2, 0.25) is 0 Å². The minimum Gasteiger partial charge on any atom is -0.377 e. The molecule has 1 N–H and O–H groups in total. The fraction of sp³-hybridized carbons (Fsp3) is 0.655. The number of benzene rings is 1. The van der Waals surface area contributed by atoms with Crippen molar-refractivity contribution >= 4 is 17.4 Å². The lowest BCUT2D eigenvalue weighted by Crippen LogP contribution is -2.59. The lowest BCUT2D eigenvalue weighted by molar-refractivity contribution is -0.122. The molecule has 3 fully saturated rings. The molecule has 0 spiro atoms. The van der Waals surface area contributed by atoms with Gasteiger partial charge in [-0.3, -0.25) is 9.59 Å². The van der Waals surface area contributed by atoms with Gasteiger partial charge in [0.25, 0.3) is 0 Å². The van der Waals surface area contributed by atoms with E-state index in [2.05, 4.69) is 70.2 Å². The third-order valence-electron chi connectivity index (χ3n) is 10.2. The molecule has 3 aliphatic carbocycles. The fourth-order valence-electron chi connectivity index (χ4n) is 8.77. The Labute approximate surface area is 199 Å². The molecule has 2 unspecified atom stereocenters. The van der Waals surface area contributed by atoms with E-state index in [1.54, 1.807) is 6.08 Å². The van der Waals surface area contributed by atoms with Crippen LogP contribution in [0.1, 0.15) is 73.9 Å². The molecule has 7 atom stereocenters. The van der Waals surface area contributed by atoms with Crippen molar-refractivity contribution < 1.29 is 9.59 Å². The van der Waals surface area contributed by atoms with Gasteiger partial charge in [0.15, 0.2) is 5.78 Å². The Morgan fingerprint density at radius 1 is 1.00 bits per heavy atom. The van der Waals surface area contributed by atoms with E-state index >= 15 is 0 Å². The predicted molar refractivity (Wildman–Crippen MR) is 134 cm³/mol. The second-order valence-corrected chi connectivity index (χ2v) is 12.1. The van der Waals surface area contributed by atoms with Crippen LogP contribution in [-0.2, 0) is 4.79 Å². The first-order valence-electron chi connectivity index (χ1n) is 12.9. The van der Waals surface area contributed by atoms with Crippen molar-refractivity contribution in [2.24, 2.45) is 34.5 Å². The maximum absolute atomic E-state index is 13.9. The Kier molecular flexibility index (Phi) is 5.30. The summed E-state index contributed by atoms with van der Waals surface area (Å²) in [7, 11) is 4.14. The average molecular weight is 449 g/mol. The number of hydrogen-bond acceptors (Lipinski definition) is 3. The van der Waals surface area contributed by atoms with Gasteiger partial charge >= 0.3 is 0 Å². The third-order valence-corrected chi connectivity index (χ3v) is 10.2. The first kappa shape index (κ1) is 22.7. The number of carbonyl (C=O) groups is 2. The second kappa shape index (κ2) is 7.71. The van der Waals surface area contributed by atoms with Crippen LogP contribution in [0, 0.1) is 48.3 Å². The van der Waals surface area contributed by atoms with E-state index in [1.807, 2.05) is 0 Å². The molecule has 0 radical (unpaired) electrons. The summed E-state index contributed by atoms with van der Waals surface area (Å²) in [4.78, 5) is 28.0. The molecule has 4 aliphatic rings. The predicted octanol–water partition coefficient (Wildman–Crippen LogP) is 5.47. The lowest BCUT2D eigenvalue weighted by atomic mass is 9.47. The van der Waals surface area contributed by atoms with Gasteiger partial charge in [-0.05, 0) is 105 Å². The number of rotatable bonds is 3. The molecule has 1 aromatic rings. The number of fused-ring (bicyclic) bond motifs is 5. The minimum atomic E-state index is 0.0521. The summed E-state index contributed by atoms with van der Waals surface area (Å²) >= 11 is 0. The van der Waals surface area contributed by atoms with E-state index in [1.165, 1.54) is 29.7 Å². The van der Waals surface area contributed by atoms with Crippen molar-refractivity contribution in [1.29, 1.82) is 0 Å². The van der Waals surface area contributed by atoms with Gasteiger partial charge in [0, 0.05) is 42.7 Å². The van der Waals surface area contributed by atoms with Gasteiger partial charge in [0.2, 0.25) is 5.91 Å². The molecule has 178 valence electrons. The SMILES string of the molecule is Cc1cc(C(=O)C2CC[C@H]3[C@@H]4CCC5NC(=O)C=C[C@]5(C)[C@@H]4CC[C@]23C)cc(C)c1N(C)C. The molecule has 5 rings (SSSR count). The van der Waals surface area contributed by atoms with Crippen LogP contribution in [0.5, 0.6) is 0 Å². The standard InChI is InChI=1S/C29H40N2O2/c1-17-15-19(16-18(2)26(17)31(5)6)27(33)23-9-8-21-20-7-10-24-29(4,14-12-25(32)30-24)22(20)11-13-28(21,23)3/h12,14-16,20-24H,7-11,13H2,1-6H3,(H,30,32)/t20-,21-,22+,23?,24?,28-,29+/m0/s1. The van der Waals surface area contributed by atoms with Crippen LogP contribution < -0.4 is 10.2 Å². The van der Waals surface area contributed by atoms with Crippen molar-refractivity contribution in [3.63, 3.8) is 0 Å². The largest absolute Gasteiger partial charge is 0.377 e. The molecule has 1 heterocycles. The maximum Gasteiger partial charge on any atom is 0.243 e. The van der Waals surface area contributed by atoms with Gasteiger partial charge in [-0.15, -0.1) is 0 Å². The Balaban J connectivity index is 1.42. The van der Waals surface area contributed by atoms with Crippen LogP contribution >= 0.6 is 0 Å². The zero-order valence-electron chi connectivity index (χ0n) is 21.2. The lowest BCUT2D eigenvalue weighted by Gasteiger charge is -2.58. The quantitative estimate of drug-likeness (QED) is 0.624. The Morgan fingerprint density at radius 3 is 2.36 bits per heavy atom. The Bertz CT molecular complexity index is 1000. The summed E-state index contributed by atoms with van der Waals surface area (Å²) < 4.78 is 0. The van der Waals surface area contributed by atoms with Gasteiger partial charge in [0.05, 0.1) is 0 Å². The van der Waals surface area contributed by atoms with Crippen molar-refractivity contribution in [3.8, 4) is 0 Å². The number of nitrogens with zero attached hydrogens (tertiary/aromatic N) is 1. The highest BCUT2D eigenvalue weighted by Crippen LogP contribution is 2.65. The summed E-state index contributed by atoms with van der Waals surface area (Å²) in [5.41, 5.74) is 4.63. The molecular formula is C29H40N2O2. The van der Waals surface area contributed by atoms with Crippen molar-refractivity contribution in [3.05, 3.63) is 41.0 Å². The van der Waals surface area contributed by atoms with Crippen LogP contribution in [0.4, 0.5) is 5.69 Å². The van der Waals surface area contributed by atoms with Gasteiger partial charge in [0.1, 0.15) is 0 Å². The summed E-state index contributed by atoms with van der Waals surface area (Å²) in [5.74, 6) is 2.41. The number of nitrogens with one attached hydrogen (secondary N) is 1. The third kappa shape index (κ3) is 3.31. The maximum atomic E-state index is 13.9.